The van der Waals surface area contributed by atoms with Gasteiger partial charge in [-0.15, -0.1) is 10.2 Å². The van der Waals surface area contributed by atoms with E-state index >= 15 is 0 Å². The van der Waals surface area contributed by atoms with E-state index in [2.05, 4.69) is 34.5 Å². The summed E-state index contributed by atoms with van der Waals surface area (Å²) in [6.45, 7) is 5.85. The molecule has 130 valence electrons. The number of anilines is 1. The molecule has 1 N–H and O–H groups in total. The highest BCUT2D eigenvalue weighted by molar-refractivity contribution is 7.15. The summed E-state index contributed by atoms with van der Waals surface area (Å²) in [6.07, 6.45) is 0.818. The van der Waals surface area contributed by atoms with Crippen LogP contribution < -0.4 is 10.9 Å². The zero-order valence-electron chi connectivity index (χ0n) is 14.3. The number of fused-ring (bicyclic) bond motifs is 1. The number of aromatic nitrogens is 4. The van der Waals surface area contributed by atoms with E-state index in [9.17, 15) is 9.59 Å². The zero-order chi connectivity index (χ0) is 18.0. The Morgan fingerprint density at radius 3 is 2.68 bits per heavy atom. The molecule has 0 unspecified atom stereocenters. The molecule has 3 rings (SSSR count). The van der Waals surface area contributed by atoms with Gasteiger partial charge in [-0.05, 0) is 18.9 Å². The van der Waals surface area contributed by atoms with Crippen molar-refractivity contribution in [1.82, 2.24) is 20.0 Å². The second kappa shape index (κ2) is 7.10. The van der Waals surface area contributed by atoms with Crippen molar-refractivity contribution in [3.8, 4) is 0 Å². The Morgan fingerprint density at radius 1 is 1.24 bits per heavy atom. The first-order valence-electron chi connectivity index (χ1n) is 8.02. The number of carbonyl (C=O) groups is 1. The molecule has 25 heavy (non-hydrogen) atoms. The Morgan fingerprint density at radius 2 is 1.96 bits per heavy atom. The molecule has 1 amide bonds. The second-order valence-corrected chi connectivity index (χ2v) is 7.30. The van der Waals surface area contributed by atoms with Crippen molar-refractivity contribution in [2.75, 3.05) is 5.32 Å². The van der Waals surface area contributed by atoms with Gasteiger partial charge in [-0.2, -0.15) is 5.10 Å². The van der Waals surface area contributed by atoms with Crippen molar-refractivity contribution >= 4 is 33.1 Å². The number of hydrogen-bond donors (Lipinski definition) is 1. The van der Waals surface area contributed by atoms with Crippen LogP contribution in [0.15, 0.2) is 29.1 Å². The fraction of sp³-hybridized carbons (Fsp3) is 0.353. The smallest absolute Gasteiger partial charge is 0.275 e. The van der Waals surface area contributed by atoms with Crippen LogP contribution in [0.5, 0.6) is 0 Å². The molecule has 0 radical (unpaired) electrons. The summed E-state index contributed by atoms with van der Waals surface area (Å²) in [7, 11) is 0. The van der Waals surface area contributed by atoms with Crippen LogP contribution in [0.25, 0.3) is 10.8 Å². The molecule has 2 heterocycles. The molecular weight excluding hydrogens is 338 g/mol. The van der Waals surface area contributed by atoms with Crippen molar-refractivity contribution in [2.45, 2.75) is 33.7 Å². The second-order valence-electron chi connectivity index (χ2n) is 6.24. The zero-order valence-corrected chi connectivity index (χ0v) is 15.1. The number of aryl methyl sites for hydroxylation is 1. The highest BCUT2D eigenvalue weighted by atomic mass is 32.1. The summed E-state index contributed by atoms with van der Waals surface area (Å²) >= 11 is 1.35. The molecule has 0 aliphatic rings. The summed E-state index contributed by atoms with van der Waals surface area (Å²) in [6, 6.07) is 7.24. The first kappa shape index (κ1) is 17.2. The first-order valence-corrected chi connectivity index (χ1v) is 8.84. The lowest BCUT2D eigenvalue weighted by molar-refractivity contribution is -0.117. The molecule has 3 aromatic rings. The highest BCUT2D eigenvalue weighted by Gasteiger charge is 2.13. The number of hydrogen-bond acceptors (Lipinski definition) is 6. The van der Waals surface area contributed by atoms with Crippen LogP contribution >= 0.6 is 11.3 Å². The molecule has 2 aromatic heterocycles. The lowest BCUT2D eigenvalue weighted by Crippen LogP contribution is -2.30. The Labute approximate surface area is 148 Å². The first-order chi connectivity index (χ1) is 11.9. The summed E-state index contributed by atoms with van der Waals surface area (Å²) in [5, 5.41) is 17.6. The van der Waals surface area contributed by atoms with Crippen LogP contribution in [-0.4, -0.2) is 25.9 Å². The topological polar surface area (TPSA) is 89.8 Å². The molecule has 0 aliphatic carbocycles. The molecule has 0 aliphatic heterocycles. The third-order valence-corrected chi connectivity index (χ3v) is 4.50. The van der Waals surface area contributed by atoms with E-state index < -0.39 is 0 Å². The molecule has 7 nitrogen and oxygen atoms in total. The van der Waals surface area contributed by atoms with E-state index in [1.807, 2.05) is 19.1 Å². The average molecular weight is 357 g/mol. The Hall–Kier alpha value is -2.61. The van der Waals surface area contributed by atoms with Crippen molar-refractivity contribution in [3.63, 3.8) is 0 Å². The van der Waals surface area contributed by atoms with Gasteiger partial charge in [0.1, 0.15) is 11.6 Å². The van der Waals surface area contributed by atoms with Crippen molar-refractivity contribution in [3.05, 3.63) is 45.3 Å². The molecule has 1 aromatic carbocycles. The van der Waals surface area contributed by atoms with E-state index in [1.54, 1.807) is 12.1 Å². The molecule has 8 heteroatoms. The molecular formula is C17H19N5O2S. The van der Waals surface area contributed by atoms with Gasteiger partial charge in [-0.3, -0.25) is 14.9 Å². The normalized spacial score (nSPS) is 11.2. The number of amides is 1. The van der Waals surface area contributed by atoms with Gasteiger partial charge < -0.3 is 0 Å². The number of nitrogens with one attached hydrogen (secondary N) is 1. The van der Waals surface area contributed by atoms with Crippen LogP contribution in [-0.2, 0) is 17.8 Å². The van der Waals surface area contributed by atoms with Gasteiger partial charge in [0.15, 0.2) is 0 Å². The standard InChI is InChI=1S/C17H19N5O2S/c1-10(2)8-15-19-20-17(25-15)18-14(23)9-22-16(24)13-7-5-4-6-12(13)11(3)21-22/h4-7,10H,8-9H2,1-3H3,(H,18,20,23). The van der Waals surface area contributed by atoms with Crippen LogP contribution in [0.3, 0.4) is 0 Å². The van der Waals surface area contributed by atoms with Crippen molar-refractivity contribution < 1.29 is 4.79 Å². The van der Waals surface area contributed by atoms with Crippen molar-refractivity contribution in [1.29, 1.82) is 0 Å². The maximum atomic E-state index is 12.5. The van der Waals surface area contributed by atoms with Crippen LogP contribution in [0.1, 0.15) is 24.5 Å². The average Bonchev–Trinajstić information content (AvgIpc) is 2.98. The molecule has 0 spiro atoms. The monoisotopic (exact) mass is 357 g/mol. The number of rotatable bonds is 5. The molecule has 0 atom stereocenters. The van der Waals surface area contributed by atoms with Crippen LogP contribution in [0.2, 0.25) is 0 Å². The lowest BCUT2D eigenvalue weighted by Gasteiger charge is -2.08. The Bertz CT molecular complexity index is 977. The largest absolute Gasteiger partial charge is 0.299 e. The molecule has 0 saturated carbocycles. The van der Waals surface area contributed by atoms with Gasteiger partial charge in [0.2, 0.25) is 11.0 Å². The van der Waals surface area contributed by atoms with Gasteiger partial charge in [0, 0.05) is 11.8 Å². The predicted octanol–water partition coefficient (Wildman–Crippen LogP) is 2.39. The van der Waals surface area contributed by atoms with Gasteiger partial charge >= 0.3 is 0 Å². The number of carbonyl (C=O) groups excluding carboxylic acids is 1. The van der Waals surface area contributed by atoms with Crippen LogP contribution in [0.4, 0.5) is 5.13 Å². The third-order valence-electron chi connectivity index (χ3n) is 3.64. The summed E-state index contributed by atoms with van der Waals surface area (Å²) < 4.78 is 1.18. The fourth-order valence-electron chi connectivity index (χ4n) is 2.54. The summed E-state index contributed by atoms with van der Waals surface area (Å²) in [4.78, 5) is 24.7. The molecule has 0 bridgehead atoms. The van der Waals surface area contributed by atoms with E-state index in [-0.39, 0.29) is 18.0 Å². The van der Waals surface area contributed by atoms with Crippen molar-refractivity contribution in [2.24, 2.45) is 5.92 Å². The Kier molecular flexibility index (Phi) is 4.89. The van der Waals surface area contributed by atoms with Gasteiger partial charge in [0.05, 0.1) is 11.1 Å². The maximum absolute atomic E-state index is 12.5. The SMILES string of the molecule is Cc1nn(CC(=O)Nc2nnc(CC(C)C)s2)c(=O)c2ccccc12. The van der Waals surface area contributed by atoms with Gasteiger partial charge in [-0.25, -0.2) is 4.68 Å². The summed E-state index contributed by atoms with van der Waals surface area (Å²) in [5.41, 5.74) is 0.423. The number of nitrogens with zero attached hydrogens (tertiary/aromatic N) is 4. The molecule has 0 fully saturated rings. The lowest BCUT2D eigenvalue weighted by atomic mass is 10.1. The summed E-state index contributed by atoms with van der Waals surface area (Å²) in [5.74, 6) is 0.122. The van der Waals surface area contributed by atoms with Gasteiger partial charge in [0.25, 0.3) is 5.56 Å². The minimum Gasteiger partial charge on any atom is -0.299 e. The predicted molar refractivity (Wildman–Crippen MR) is 97.8 cm³/mol. The Balaban J connectivity index is 1.77. The van der Waals surface area contributed by atoms with E-state index in [0.29, 0.717) is 22.1 Å². The molecule has 0 saturated heterocycles. The van der Waals surface area contributed by atoms with E-state index in [4.69, 9.17) is 0 Å². The number of benzene rings is 1. The van der Waals surface area contributed by atoms with E-state index in [1.165, 1.54) is 16.0 Å². The maximum Gasteiger partial charge on any atom is 0.275 e. The van der Waals surface area contributed by atoms with Crippen LogP contribution in [0, 0.1) is 12.8 Å². The van der Waals surface area contributed by atoms with Gasteiger partial charge in [-0.1, -0.05) is 43.4 Å². The quantitative estimate of drug-likeness (QED) is 0.757. The highest BCUT2D eigenvalue weighted by Crippen LogP contribution is 2.18. The minimum absolute atomic E-state index is 0.163. The minimum atomic E-state index is -0.350. The fourth-order valence-corrected chi connectivity index (χ4v) is 3.51. The third kappa shape index (κ3) is 3.90. The van der Waals surface area contributed by atoms with E-state index in [0.717, 1.165) is 16.8 Å².